The largest absolute Gasteiger partial charge is 0.368 e. The number of ether oxygens (including phenoxy) is 1. The number of anilines is 1. The third-order valence-corrected chi connectivity index (χ3v) is 6.08. The molecule has 2 aliphatic rings. The van der Waals surface area contributed by atoms with Crippen molar-refractivity contribution in [2.24, 2.45) is 7.05 Å². The summed E-state index contributed by atoms with van der Waals surface area (Å²) in [4.78, 5) is 33.9. The average Bonchev–Trinajstić information content (AvgIpc) is 2.80. The van der Waals surface area contributed by atoms with E-state index < -0.39 is 6.10 Å². The Morgan fingerprint density at radius 1 is 1.10 bits per heavy atom. The van der Waals surface area contributed by atoms with Gasteiger partial charge in [-0.1, -0.05) is 24.3 Å². The Hall–Kier alpha value is -3.19. The minimum atomic E-state index is -0.498. The molecule has 0 radical (unpaired) electrons. The number of fused-ring (bicyclic) bond motifs is 2. The van der Waals surface area contributed by atoms with Crippen LogP contribution in [-0.4, -0.2) is 53.1 Å². The summed E-state index contributed by atoms with van der Waals surface area (Å²) in [6.45, 7) is 3.33. The Morgan fingerprint density at radius 2 is 1.90 bits per heavy atom. The number of aromatic nitrogens is 2. The number of piperazine rings is 1. The topological polar surface area (TPSA) is 67.7 Å². The van der Waals surface area contributed by atoms with E-state index in [-0.39, 0.29) is 11.5 Å². The molecule has 3 aromatic rings. The number of carbonyl (C=O) groups excluding carboxylic acids is 1. The van der Waals surface area contributed by atoms with Crippen molar-refractivity contribution in [2.75, 3.05) is 37.7 Å². The fourth-order valence-electron chi connectivity index (χ4n) is 4.34. The van der Waals surface area contributed by atoms with Crippen LogP contribution < -0.4 is 10.5 Å². The monoisotopic (exact) mass is 404 g/mol. The Balaban J connectivity index is 1.30. The van der Waals surface area contributed by atoms with Crippen LogP contribution in [0.15, 0.2) is 53.6 Å². The quantitative estimate of drug-likeness (QED) is 0.653. The number of amides is 1. The number of rotatable bonds is 2. The van der Waals surface area contributed by atoms with Gasteiger partial charge in [-0.3, -0.25) is 9.59 Å². The lowest BCUT2D eigenvalue weighted by Crippen LogP contribution is -2.50. The van der Waals surface area contributed by atoms with Crippen LogP contribution in [0.1, 0.15) is 17.2 Å². The molecule has 1 saturated heterocycles. The zero-order valence-electron chi connectivity index (χ0n) is 17.0. The van der Waals surface area contributed by atoms with Gasteiger partial charge in [-0.15, -0.1) is 0 Å². The molecule has 2 aliphatic heterocycles. The molecular weight excluding hydrogens is 380 g/mol. The number of hydrogen-bond donors (Lipinski definition) is 0. The second kappa shape index (κ2) is 7.57. The highest BCUT2D eigenvalue weighted by atomic mass is 16.5. The van der Waals surface area contributed by atoms with Gasteiger partial charge in [0, 0.05) is 38.9 Å². The summed E-state index contributed by atoms with van der Waals surface area (Å²) in [5.74, 6) is 0.0467. The molecule has 1 amide bonds. The molecule has 2 aromatic carbocycles. The third kappa shape index (κ3) is 3.25. The van der Waals surface area contributed by atoms with Gasteiger partial charge in [0.05, 0.1) is 23.8 Å². The Kier molecular flexibility index (Phi) is 4.75. The molecule has 0 N–H and O–H groups in total. The summed E-state index contributed by atoms with van der Waals surface area (Å²) >= 11 is 0. The first-order chi connectivity index (χ1) is 14.6. The van der Waals surface area contributed by atoms with Crippen LogP contribution in [0.2, 0.25) is 0 Å². The number of aryl methyl sites for hydroxylation is 1. The summed E-state index contributed by atoms with van der Waals surface area (Å²) in [7, 11) is 1.70. The molecule has 154 valence electrons. The first-order valence-electron chi connectivity index (χ1n) is 10.3. The van der Waals surface area contributed by atoms with Crippen LogP contribution in [-0.2, 0) is 23.0 Å². The molecule has 1 fully saturated rings. The number of hydrogen-bond acceptors (Lipinski definition) is 5. The van der Waals surface area contributed by atoms with Crippen LogP contribution in [0.5, 0.6) is 0 Å². The standard InChI is InChI=1S/C23H24N4O3/c1-25-15-24-20-14-17(6-7-19(20)22(25)28)26-9-11-27(12-10-26)23(29)21-18-5-3-2-4-16(18)8-13-30-21/h2-7,14-15,21H,8-13H2,1H3. The van der Waals surface area contributed by atoms with Crippen molar-refractivity contribution in [3.63, 3.8) is 0 Å². The van der Waals surface area contributed by atoms with Gasteiger partial charge in [-0.2, -0.15) is 0 Å². The zero-order chi connectivity index (χ0) is 20.7. The molecule has 0 bridgehead atoms. The van der Waals surface area contributed by atoms with Gasteiger partial charge in [0.2, 0.25) is 0 Å². The van der Waals surface area contributed by atoms with E-state index in [0.29, 0.717) is 30.6 Å². The molecule has 3 heterocycles. The van der Waals surface area contributed by atoms with Crippen molar-refractivity contribution < 1.29 is 9.53 Å². The maximum absolute atomic E-state index is 13.1. The van der Waals surface area contributed by atoms with Crippen molar-refractivity contribution in [2.45, 2.75) is 12.5 Å². The zero-order valence-corrected chi connectivity index (χ0v) is 17.0. The van der Waals surface area contributed by atoms with E-state index >= 15 is 0 Å². The molecule has 1 aromatic heterocycles. The normalized spacial score (nSPS) is 19.0. The van der Waals surface area contributed by atoms with Gasteiger partial charge in [-0.25, -0.2) is 4.98 Å². The van der Waals surface area contributed by atoms with Gasteiger partial charge in [-0.05, 0) is 35.7 Å². The van der Waals surface area contributed by atoms with Crippen molar-refractivity contribution in [3.8, 4) is 0 Å². The molecule has 7 heteroatoms. The van der Waals surface area contributed by atoms with E-state index in [9.17, 15) is 9.59 Å². The molecule has 1 atom stereocenters. The summed E-state index contributed by atoms with van der Waals surface area (Å²) in [5, 5.41) is 0.616. The van der Waals surface area contributed by atoms with Crippen molar-refractivity contribution >= 4 is 22.5 Å². The fraction of sp³-hybridized carbons (Fsp3) is 0.348. The van der Waals surface area contributed by atoms with Gasteiger partial charge in [0.15, 0.2) is 6.10 Å². The molecule has 1 unspecified atom stereocenters. The SMILES string of the molecule is Cn1cnc2cc(N3CCN(C(=O)C4OCCc5ccccc54)CC3)ccc2c1=O. The van der Waals surface area contributed by atoms with Crippen molar-refractivity contribution in [1.29, 1.82) is 0 Å². The summed E-state index contributed by atoms with van der Waals surface area (Å²) in [6.07, 6.45) is 1.91. The molecule has 0 saturated carbocycles. The first-order valence-corrected chi connectivity index (χ1v) is 10.3. The van der Waals surface area contributed by atoms with Gasteiger partial charge < -0.3 is 19.1 Å². The number of benzene rings is 2. The third-order valence-electron chi connectivity index (χ3n) is 6.08. The number of nitrogens with zero attached hydrogens (tertiary/aromatic N) is 4. The maximum Gasteiger partial charge on any atom is 0.260 e. The minimum absolute atomic E-state index is 0.0465. The molecule has 0 spiro atoms. The summed E-state index contributed by atoms with van der Waals surface area (Å²) < 4.78 is 7.34. The van der Waals surface area contributed by atoms with E-state index in [1.165, 1.54) is 10.1 Å². The predicted molar refractivity (Wildman–Crippen MR) is 115 cm³/mol. The summed E-state index contributed by atoms with van der Waals surface area (Å²) in [6, 6.07) is 13.8. The van der Waals surface area contributed by atoms with E-state index in [1.54, 1.807) is 13.4 Å². The van der Waals surface area contributed by atoms with Crippen molar-refractivity contribution in [3.05, 3.63) is 70.3 Å². The first kappa shape index (κ1) is 18.8. The lowest BCUT2D eigenvalue weighted by Gasteiger charge is -2.38. The van der Waals surface area contributed by atoms with Crippen LogP contribution in [0, 0.1) is 0 Å². The van der Waals surface area contributed by atoms with E-state index in [0.717, 1.165) is 30.8 Å². The molecule has 0 aliphatic carbocycles. The fourth-order valence-corrected chi connectivity index (χ4v) is 4.34. The second-order valence-corrected chi connectivity index (χ2v) is 7.87. The van der Waals surface area contributed by atoms with Crippen molar-refractivity contribution in [1.82, 2.24) is 14.5 Å². The van der Waals surface area contributed by atoms with E-state index in [4.69, 9.17) is 4.74 Å². The van der Waals surface area contributed by atoms with E-state index in [1.807, 2.05) is 41.3 Å². The summed E-state index contributed by atoms with van der Waals surface area (Å²) in [5.41, 5.74) is 3.87. The highest BCUT2D eigenvalue weighted by Crippen LogP contribution is 2.29. The van der Waals surface area contributed by atoms with E-state index in [2.05, 4.69) is 16.0 Å². The Morgan fingerprint density at radius 3 is 2.73 bits per heavy atom. The second-order valence-electron chi connectivity index (χ2n) is 7.87. The highest BCUT2D eigenvalue weighted by Gasteiger charge is 2.32. The van der Waals surface area contributed by atoms with Gasteiger partial charge in [0.25, 0.3) is 11.5 Å². The van der Waals surface area contributed by atoms with Gasteiger partial charge >= 0.3 is 0 Å². The smallest absolute Gasteiger partial charge is 0.260 e. The molecule has 5 rings (SSSR count). The van der Waals surface area contributed by atoms with Crippen LogP contribution in [0.3, 0.4) is 0 Å². The predicted octanol–water partition coefficient (Wildman–Crippen LogP) is 1.90. The minimum Gasteiger partial charge on any atom is -0.368 e. The average molecular weight is 404 g/mol. The highest BCUT2D eigenvalue weighted by molar-refractivity contribution is 5.84. The lowest BCUT2D eigenvalue weighted by molar-refractivity contribution is -0.145. The lowest BCUT2D eigenvalue weighted by atomic mass is 9.96. The number of carbonyl (C=O) groups is 1. The molecular formula is C23H24N4O3. The van der Waals surface area contributed by atoms with Gasteiger partial charge in [0.1, 0.15) is 0 Å². The van der Waals surface area contributed by atoms with Crippen LogP contribution in [0.25, 0.3) is 10.9 Å². The van der Waals surface area contributed by atoms with Crippen LogP contribution in [0.4, 0.5) is 5.69 Å². The molecule has 7 nitrogen and oxygen atoms in total. The maximum atomic E-state index is 13.1. The molecule has 30 heavy (non-hydrogen) atoms. The Labute approximate surface area is 174 Å². The van der Waals surface area contributed by atoms with Crippen LogP contribution >= 0.6 is 0 Å². The Bertz CT molecular complexity index is 1160.